The van der Waals surface area contributed by atoms with Gasteiger partial charge in [-0.25, -0.2) is 28.1 Å². The lowest BCUT2D eigenvalue weighted by Gasteiger charge is -2.30. The average molecular weight is 536 g/mol. The Morgan fingerprint density at radius 3 is 2.48 bits per heavy atom. The molecule has 3 heterocycles. The molecule has 1 aliphatic rings. The number of phosphoric acid groups is 3. The minimum absolute atomic E-state index is 0.134. The Kier molecular flexibility index (Phi) is 7.20. The molecule has 1 aliphatic heterocycles. The van der Waals surface area contributed by atoms with E-state index in [9.17, 15) is 28.6 Å². The number of fused-ring (bicyclic) bond motifs is 1. The third-order valence-corrected chi connectivity index (χ3v) is 8.50. The van der Waals surface area contributed by atoms with Crippen LogP contribution < -0.4 is 5.73 Å². The molecule has 7 N–H and O–H groups in total. The van der Waals surface area contributed by atoms with Gasteiger partial charge in [-0.15, -0.1) is 0 Å². The van der Waals surface area contributed by atoms with Gasteiger partial charge < -0.3 is 35.2 Å². The van der Waals surface area contributed by atoms with Gasteiger partial charge in [0.05, 0.1) is 18.6 Å². The molecule has 186 valence electrons. The molecule has 2 unspecified atom stereocenters. The molecule has 0 bridgehead atoms. The van der Waals surface area contributed by atoms with Crippen molar-refractivity contribution < 1.29 is 60.6 Å². The summed E-state index contributed by atoms with van der Waals surface area (Å²) in [6, 6.07) is 1.47. The number of aliphatic hydroxyl groups is 1. The zero-order valence-electron chi connectivity index (χ0n) is 16.6. The molecule has 33 heavy (non-hydrogen) atoms. The van der Waals surface area contributed by atoms with E-state index in [0.717, 1.165) is 4.57 Å². The van der Waals surface area contributed by atoms with Gasteiger partial charge in [0.25, 0.3) is 0 Å². The highest BCUT2D eigenvalue weighted by Crippen LogP contribution is 2.66. The number of hydrogen-bond donors (Lipinski definition) is 6. The topological polar surface area (TPSA) is 246 Å². The monoisotopic (exact) mass is 536 g/mol. The van der Waals surface area contributed by atoms with Crippen molar-refractivity contribution in [2.24, 2.45) is 0 Å². The van der Waals surface area contributed by atoms with E-state index in [1.54, 1.807) is 0 Å². The number of pyridine rings is 1. The molecule has 0 aromatic carbocycles. The number of rotatable bonds is 9. The van der Waals surface area contributed by atoms with Crippen molar-refractivity contribution in [2.45, 2.75) is 37.4 Å². The molecule has 1 fully saturated rings. The van der Waals surface area contributed by atoms with Gasteiger partial charge in [-0.1, -0.05) is 6.92 Å². The number of nitrogens with zero attached hydrogens (tertiary/aromatic N) is 3. The largest absolute Gasteiger partial charge is 0.490 e. The Labute approximate surface area is 184 Å². The van der Waals surface area contributed by atoms with E-state index in [0.29, 0.717) is 0 Å². The Bertz CT molecular complexity index is 1170. The van der Waals surface area contributed by atoms with E-state index >= 15 is 4.39 Å². The smallest absolute Gasteiger partial charge is 0.397 e. The Morgan fingerprint density at radius 1 is 1.21 bits per heavy atom. The zero-order chi connectivity index (χ0) is 24.8. The molecular weight excluding hydrogens is 516 g/mol. The average Bonchev–Trinajstić information content (AvgIpc) is 3.19. The third kappa shape index (κ3) is 5.68. The summed E-state index contributed by atoms with van der Waals surface area (Å²) in [5.41, 5.74) is 4.47. The van der Waals surface area contributed by atoms with E-state index in [4.69, 9.17) is 20.3 Å². The first-order chi connectivity index (χ1) is 15.1. The summed E-state index contributed by atoms with van der Waals surface area (Å²) in [6.07, 6.45) is -3.19. The van der Waals surface area contributed by atoms with Crippen LogP contribution in [0.25, 0.3) is 11.2 Å². The van der Waals surface area contributed by atoms with Gasteiger partial charge in [0.1, 0.15) is 17.2 Å². The van der Waals surface area contributed by atoms with Gasteiger partial charge in [0.2, 0.25) is 0 Å². The SMILES string of the molecule is CC[C@]1(COP(=O)(O)OP(=O)(O)OP(=O)(O)O)O[C@@H](n2cnc3c(N)ccnc32)[C@H](F)[C@@H]1O. The van der Waals surface area contributed by atoms with Crippen molar-refractivity contribution >= 4 is 40.3 Å². The molecule has 6 atom stereocenters. The number of imidazole rings is 1. The van der Waals surface area contributed by atoms with Crippen molar-refractivity contribution in [2.75, 3.05) is 12.3 Å². The van der Waals surface area contributed by atoms with Gasteiger partial charge in [-0.2, -0.15) is 8.62 Å². The zero-order valence-corrected chi connectivity index (χ0v) is 19.3. The molecule has 0 spiro atoms. The van der Waals surface area contributed by atoms with Crippen LogP contribution in [0.4, 0.5) is 10.1 Å². The normalized spacial score (nSPS) is 29.7. The third-order valence-electron chi connectivity index (χ3n) is 4.72. The number of phosphoric ester groups is 1. The molecule has 2 aromatic heterocycles. The van der Waals surface area contributed by atoms with Crippen LogP contribution in [0.15, 0.2) is 18.6 Å². The van der Waals surface area contributed by atoms with Crippen molar-refractivity contribution in [1.29, 1.82) is 0 Å². The molecule has 0 amide bonds. The maximum Gasteiger partial charge on any atom is 0.490 e. The maximum atomic E-state index is 15.0. The lowest BCUT2D eigenvalue weighted by atomic mass is 9.94. The van der Waals surface area contributed by atoms with Crippen molar-refractivity contribution in [1.82, 2.24) is 14.5 Å². The van der Waals surface area contributed by atoms with E-state index in [2.05, 4.69) is 23.1 Å². The van der Waals surface area contributed by atoms with Crippen LogP contribution in [0.1, 0.15) is 19.6 Å². The van der Waals surface area contributed by atoms with Crippen molar-refractivity contribution in [3.63, 3.8) is 0 Å². The van der Waals surface area contributed by atoms with Gasteiger partial charge in [0.15, 0.2) is 18.0 Å². The number of anilines is 1. The van der Waals surface area contributed by atoms with Crippen LogP contribution >= 0.6 is 23.5 Å². The highest BCUT2D eigenvalue weighted by molar-refractivity contribution is 7.66. The Morgan fingerprint density at radius 2 is 1.88 bits per heavy atom. The second-order valence-electron chi connectivity index (χ2n) is 6.90. The molecule has 1 saturated heterocycles. The predicted octanol–water partition coefficient (Wildman–Crippen LogP) is 0.733. The minimum atomic E-state index is -5.75. The minimum Gasteiger partial charge on any atom is -0.397 e. The van der Waals surface area contributed by atoms with Crippen LogP contribution in [0.5, 0.6) is 0 Å². The number of hydrogen-bond acceptors (Lipinski definition) is 11. The summed E-state index contributed by atoms with van der Waals surface area (Å²) in [5, 5.41) is 10.5. The molecule has 0 aliphatic carbocycles. The number of alkyl halides is 1. The Hall–Kier alpha value is -1.32. The van der Waals surface area contributed by atoms with Crippen LogP contribution in [0.3, 0.4) is 0 Å². The first kappa shape index (κ1) is 26.3. The second kappa shape index (κ2) is 9.04. The van der Waals surface area contributed by atoms with E-state index in [1.165, 1.54) is 25.5 Å². The van der Waals surface area contributed by atoms with E-state index in [1.807, 2.05) is 0 Å². The summed E-state index contributed by atoms with van der Waals surface area (Å²) in [5.74, 6) is 0. The summed E-state index contributed by atoms with van der Waals surface area (Å²) in [4.78, 5) is 44.1. The fraction of sp³-hybridized carbons (Fsp3) is 0.538. The summed E-state index contributed by atoms with van der Waals surface area (Å²) in [7, 11) is -16.8. The molecule has 0 saturated carbocycles. The number of aliphatic hydroxyl groups excluding tert-OH is 1. The molecule has 0 radical (unpaired) electrons. The number of aromatic nitrogens is 3. The highest BCUT2D eigenvalue weighted by Gasteiger charge is 2.56. The number of ether oxygens (including phenoxy) is 1. The van der Waals surface area contributed by atoms with Gasteiger partial charge >= 0.3 is 23.5 Å². The fourth-order valence-corrected chi connectivity index (χ4v) is 6.26. The molecule has 3 rings (SSSR count). The predicted molar refractivity (Wildman–Crippen MR) is 106 cm³/mol. The quantitative estimate of drug-likeness (QED) is 0.242. The number of nitrogens with two attached hydrogens (primary N) is 1. The van der Waals surface area contributed by atoms with E-state index < -0.39 is 54.2 Å². The number of halogens is 1. The number of nitrogen functional groups attached to an aromatic ring is 1. The molecular formula is C13H20FN4O12P3. The maximum absolute atomic E-state index is 15.0. The van der Waals surface area contributed by atoms with Crippen LogP contribution in [0, 0.1) is 0 Å². The van der Waals surface area contributed by atoms with Crippen molar-refractivity contribution in [3.05, 3.63) is 18.6 Å². The van der Waals surface area contributed by atoms with Crippen LogP contribution in [-0.4, -0.2) is 63.7 Å². The first-order valence-corrected chi connectivity index (χ1v) is 13.5. The lowest BCUT2D eigenvalue weighted by Crippen LogP contribution is -2.45. The van der Waals surface area contributed by atoms with E-state index in [-0.39, 0.29) is 23.3 Å². The van der Waals surface area contributed by atoms with Crippen LogP contribution in [0.2, 0.25) is 0 Å². The standard InChI is InChI=1S/C13H20FN4O12P3/c1-2-13(5-27-32(23,24)30-33(25,26)29-31(20,21)22)10(19)8(14)12(28-13)18-6-17-9-7(15)3-4-16-11(9)18/h3-4,6,8,10,12,19H,2,5H2,1H3,(H2,15,16)(H,23,24)(H,25,26)(H2,20,21,22)/t8-,10+,12-,13-/m1/s1. The molecule has 16 nitrogen and oxygen atoms in total. The fourth-order valence-electron chi connectivity index (χ4n) is 3.18. The Balaban J connectivity index is 1.80. The first-order valence-electron chi connectivity index (χ1n) is 8.95. The molecule has 20 heteroatoms. The summed E-state index contributed by atoms with van der Waals surface area (Å²) in [6.45, 7) is 0.397. The summed E-state index contributed by atoms with van der Waals surface area (Å²) < 4.78 is 67.8. The van der Waals surface area contributed by atoms with Gasteiger partial charge in [0, 0.05) is 6.20 Å². The summed E-state index contributed by atoms with van der Waals surface area (Å²) >= 11 is 0. The molecule has 2 aromatic rings. The van der Waals surface area contributed by atoms with Crippen LogP contribution in [-0.2, 0) is 31.6 Å². The highest BCUT2D eigenvalue weighted by atomic mass is 31.3. The lowest BCUT2D eigenvalue weighted by molar-refractivity contribution is -0.126. The second-order valence-corrected chi connectivity index (χ2v) is 11.3. The van der Waals surface area contributed by atoms with Gasteiger partial charge in [-0.05, 0) is 12.5 Å². The van der Waals surface area contributed by atoms with Gasteiger partial charge in [-0.3, -0.25) is 9.09 Å². The van der Waals surface area contributed by atoms with Crippen molar-refractivity contribution in [3.8, 4) is 0 Å².